The molecule has 0 unspecified atom stereocenters. The Morgan fingerprint density at radius 1 is 1.00 bits per heavy atom. The van der Waals surface area contributed by atoms with Crippen LogP contribution in [0.4, 0.5) is 24.5 Å². The minimum Gasteiger partial charge on any atom is -0.475 e. The molecule has 0 spiro atoms. The predicted molar refractivity (Wildman–Crippen MR) is 149 cm³/mol. The van der Waals surface area contributed by atoms with Crippen molar-refractivity contribution in [2.45, 2.75) is 24.5 Å². The smallest absolute Gasteiger partial charge is 0.475 e. The lowest BCUT2D eigenvalue weighted by Gasteiger charge is -2.32. The molecule has 13 heteroatoms. The number of benzene rings is 3. The number of sulfonamides is 1. The van der Waals surface area contributed by atoms with Gasteiger partial charge in [0.25, 0.3) is 15.9 Å². The number of halogens is 3. The molecule has 1 amide bonds. The third-order valence-electron chi connectivity index (χ3n) is 6.12. The van der Waals surface area contributed by atoms with Crippen LogP contribution >= 0.6 is 0 Å². The fourth-order valence-electron chi connectivity index (χ4n) is 4.02. The van der Waals surface area contributed by atoms with Crippen LogP contribution in [-0.2, 0) is 21.4 Å². The average Bonchev–Trinajstić information content (AvgIpc) is 2.93. The molecule has 41 heavy (non-hydrogen) atoms. The second-order valence-corrected chi connectivity index (χ2v) is 11.0. The molecule has 3 aromatic carbocycles. The molecular weight excluding hydrogens is 561 g/mol. The maximum atomic E-state index is 13.5. The molecule has 0 atom stereocenters. The number of rotatable bonds is 7. The molecule has 1 aliphatic heterocycles. The molecule has 4 rings (SSSR count). The minimum absolute atomic E-state index is 0.159. The molecule has 1 saturated heterocycles. The van der Waals surface area contributed by atoms with Crippen molar-refractivity contribution in [2.75, 3.05) is 42.8 Å². The molecule has 1 aliphatic rings. The number of hydrogen-bond donors (Lipinski definition) is 3. The largest absolute Gasteiger partial charge is 0.490 e. The zero-order chi connectivity index (χ0) is 30.2. The lowest BCUT2D eigenvalue weighted by Crippen LogP contribution is -2.44. The quantitative estimate of drug-likeness (QED) is 0.378. The standard InChI is InChI=1S/C26H30N4O3S.C2HF3O2/c1-20-8-11-23(12-9-20)34(32,33)28-22-10-13-25(30-16-14-27-15-17-30)24(18-22)26(31)29(2)19-21-6-4-3-5-7-21;3-2(4,5)1(6)7/h3-13,18,27-28H,14-17,19H2,1-2H3;(H,6,7). The summed E-state index contributed by atoms with van der Waals surface area (Å²) in [6.07, 6.45) is -5.08. The van der Waals surface area contributed by atoms with E-state index in [1.54, 1.807) is 48.3 Å². The summed E-state index contributed by atoms with van der Waals surface area (Å²) in [6.45, 7) is 5.57. The van der Waals surface area contributed by atoms with E-state index in [1.165, 1.54) is 0 Å². The summed E-state index contributed by atoms with van der Waals surface area (Å²) in [6, 6.07) is 21.7. The molecule has 220 valence electrons. The van der Waals surface area contributed by atoms with Crippen molar-refractivity contribution in [3.05, 3.63) is 89.5 Å². The van der Waals surface area contributed by atoms with Crippen molar-refractivity contribution >= 4 is 33.3 Å². The maximum Gasteiger partial charge on any atom is 0.490 e. The Kier molecular flexibility index (Phi) is 10.4. The number of piperazine rings is 1. The Morgan fingerprint density at radius 3 is 2.15 bits per heavy atom. The number of alkyl halides is 3. The number of carbonyl (C=O) groups is 2. The van der Waals surface area contributed by atoms with Gasteiger partial charge in [0.15, 0.2) is 0 Å². The molecule has 0 saturated carbocycles. The number of aliphatic carboxylic acids is 1. The third kappa shape index (κ3) is 8.95. The lowest BCUT2D eigenvalue weighted by molar-refractivity contribution is -0.192. The van der Waals surface area contributed by atoms with E-state index in [4.69, 9.17) is 9.90 Å². The number of amides is 1. The molecule has 0 aliphatic carbocycles. The fourth-order valence-corrected chi connectivity index (χ4v) is 5.07. The zero-order valence-electron chi connectivity index (χ0n) is 22.5. The Morgan fingerprint density at radius 2 is 1.59 bits per heavy atom. The van der Waals surface area contributed by atoms with Crippen LogP contribution in [0.2, 0.25) is 0 Å². The van der Waals surface area contributed by atoms with E-state index >= 15 is 0 Å². The molecular formula is C28H31F3N4O5S. The highest BCUT2D eigenvalue weighted by molar-refractivity contribution is 7.92. The van der Waals surface area contributed by atoms with E-state index in [9.17, 15) is 26.4 Å². The number of aryl methyl sites for hydroxylation is 1. The molecule has 3 aromatic rings. The minimum atomic E-state index is -5.08. The van der Waals surface area contributed by atoms with Crippen LogP contribution in [-0.4, -0.2) is 69.7 Å². The Bertz CT molecular complexity index is 1440. The summed E-state index contributed by atoms with van der Waals surface area (Å²) < 4.78 is 60.2. The molecule has 1 fully saturated rings. The van der Waals surface area contributed by atoms with Crippen LogP contribution in [0.15, 0.2) is 77.7 Å². The predicted octanol–water partition coefficient (Wildman–Crippen LogP) is 4.11. The third-order valence-corrected chi connectivity index (χ3v) is 7.52. The number of carboxylic acids is 1. The molecule has 3 N–H and O–H groups in total. The van der Waals surface area contributed by atoms with Crippen LogP contribution in [0.1, 0.15) is 21.5 Å². The van der Waals surface area contributed by atoms with Gasteiger partial charge in [-0.05, 0) is 42.8 Å². The van der Waals surface area contributed by atoms with Crippen molar-refractivity contribution in [3.8, 4) is 0 Å². The zero-order valence-corrected chi connectivity index (χ0v) is 23.3. The summed E-state index contributed by atoms with van der Waals surface area (Å²) in [5, 5.41) is 10.4. The summed E-state index contributed by atoms with van der Waals surface area (Å²) in [7, 11) is -2.01. The number of carbonyl (C=O) groups excluding carboxylic acids is 1. The van der Waals surface area contributed by atoms with E-state index in [-0.39, 0.29) is 10.8 Å². The highest BCUT2D eigenvalue weighted by Crippen LogP contribution is 2.28. The van der Waals surface area contributed by atoms with Gasteiger partial charge in [0.1, 0.15) is 0 Å². The van der Waals surface area contributed by atoms with Crippen molar-refractivity contribution in [3.63, 3.8) is 0 Å². The fraction of sp³-hybridized carbons (Fsp3) is 0.286. The summed E-state index contributed by atoms with van der Waals surface area (Å²) >= 11 is 0. The van der Waals surface area contributed by atoms with E-state index in [2.05, 4.69) is 14.9 Å². The van der Waals surface area contributed by atoms with Gasteiger partial charge in [-0.1, -0.05) is 48.0 Å². The second-order valence-electron chi connectivity index (χ2n) is 9.34. The molecule has 0 bridgehead atoms. The van der Waals surface area contributed by atoms with Gasteiger partial charge in [-0.15, -0.1) is 0 Å². The first-order chi connectivity index (χ1) is 19.3. The van der Waals surface area contributed by atoms with Gasteiger partial charge in [0.05, 0.1) is 10.5 Å². The van der Waals surface area contributed by atoms with E-state index < -0.39 is 22.2 Å². The van der Waals surface area contributed by atoms with Crippen LogP contribution in [0, 0.1) is 6.92 Å². The Labute approximate surface area is 236 Å². The second kappa shape index (κ2) is 13.5. The van der Waals surface area contributed by atoms with Gasteiger partial charge in [0.2, 0.25) is 0 Å². The van der Waals surface area contributed by atoms with Crippen LogP contribution < -0.4 is 14.9 Å². The highest BCUT2D eigenvalue weighted by Gasteiger charge is 2.38. The average molecular weight is 593 g/mol. The van der Waals surface area contributed by atoms with Gasteiger partial charge in [-0.25, -0.2) is 13.2 Å². The van der Waals surface area contributed by atoms with Gasteiger partial charge in [-0.3, -0.25) is 9.52 Å². The number of anilines is 2. The number of hydrogen-bond acceptors (Lipinski definition) is 6. The highest BCUT2D eigenvalue weighted by atomic mass is 32.2. The summed E-state index contributed by atoms with van der Waals surface area (Å²) in [4.78, 5) is 26.4. The van der Waals surface area contributed by atoms with Crippen LogP contribution in [0.3, 0.4) is 0 Å². The molecule has 9 nitrogen and oxygen atoms in total. The number of nitrogens with one attached hydrogen (secondary N) is 2. The number of carboxylic acid groups (broad SMARTS) is 1. The van der Waals surface area contributed by atoms with Gasteiger partial charge in [0, 0.05) is 51.1 Å². The monoisotopic (exact) mass is 592 g/mol. The van der Waals surface area contributed by atoms with Crippen molar-refractivity contribution < 1.29 is 36.3 Å². The van der Waals surface area contributed by atoms with E-state index in [0.717, 1.165) is 43.0 Å². The first kappa shape index (κ1) is 31.4. The summed E-state index contributed by atoms with van der Waals surface area (Å²) in [5.41, 5.74) is 3.65. The van der Waals surface area contributed by atoms with Crippen molar-refractivity contribution in [1.82, 2.24) is 10.2 Å². The SMILES string of the molecule is Cc1ccc(S(=O)(=O)Nc2ccc(N3CCNCC3)c(C(=O)N(C)Cc3ccccc3)c2)cc1.O=C(O)C(F)(F)F. The van der Waals surface area contributed by atoms with Crippen LogP contribution in [0.5, 0.6) is 0 Å². The van der Waals surface area contributed by atoms with E-state index in [0.29, 0.717) is 17.8 Å². The lowest BCUT2D eigenvalue weighted by atomic mass is 10.1. The van der Waals surface area contributed by atoms with Gasteiger partial charge < -0.3 is 20.2 Å². The van der Waals surface area contributed by atoms with Crippen molar-refractivity contribution in [1.29, 1.82) is 0 Å². The first-order valence-corrected chi connectivity index (χ1v) is 14.0. The Hall–Kier alpha value is -4.10. The normalized spacial score (nSPS) is 13.5. The summed E-state index contributed by atoms with van der Waals surface area (Å²) in [5.74, 6) is -2.92. The van der Waals surface area contributed by atoms with Crippen molar-refractivity contribution in [2.24, 2.45) is 0 Å². The van der Waals surface area contributed by atoms with Gasteiger partial charge in [-0.2, -0.15) is 13.2 Å². The molecule has 0 aromatic heterocycles. The topological polar surface area (TPSA) is 119 Å². The molecule has 1 heterocycles. The first-order valence-electron chi connectivity index (χ1n) is 12.6. The number of nitrogens with zero attached hydrogens (tertiary/aromatic N) is 2. The Balaban J connectivity index is 0.000000587. The van der Waals surface area contributed by atoms with Gasteiger partial charge >= 0.3 is 12.1 Å². The van der Waals surface area contributed by atoms with Crippen LogP contribution in [0.25, 0.3) is 0 Å². The maximum absolute atomic E-state index is 13.5. The van der Waals surface area contributed by atoms with E-state index in [1.807, 2.05) is 43.3 Å². The molecule has 0 radical (unpaired) electrons.